The highest BCUT2D eigenvalue weighted by molar-refractivity contribution is 6.27. The predicted molar refractivity (Wildman–Crippen MR) is 556 cm³/mol. The number of hydrogen-bond acceptors (Lipinski definition) is 2. The summed E-state index contributed by atoms with van der Waals surface area (Å²) >= 11 is 0. The summed E-state index contributed by atoms with van der Waals surface area (Å²) in [6.07, 6.45) is 0. The first-order valence-electron chi connectivity index (χ1n) is 44.8. The molecule has 0 aliphatic heterocycles. The molecule has 2 aromatic heterocycles. The van der Waals surface area contributed by atoms with E-state index in [1.165, 1.54) is 196 Å². The third-order valence-corrected chi connectivity index (χ3v) is 26.9. The van der Waals surface area contributed by atoms with Gasteiger partial charge in [0.2, 0.25) is 0 Å². The van der Waals surface area contributed by atoms with E-state index in [2.05, 4.69) is 516 Å². The maximum Gasteiger partial charge on any atom is 0.0541 e. The highest BCUT2D eigenvalue weighted by Gasteiger charge is 2.23. The predicted octanol–water partition coefficient (Wildman–Crippen LogP) is 35.2. The van der Waals surface area contributed by atoms with Crippen LogP contribution in [-0.4, -0.2) is 9.13 Å². The fraction of sp³-hybridized carbons (Fsp3) is 0. The molecule has 0 bridgehead atoms. The Morgan fingerprint density at radius 1 is 0.131 bits per heavy atom. The lowest BCUT2D eigenvalue weighted by Crippen LogP contribution is -2.10. The van der Waals surface area contributed by atoms with Crippen LogP contribution in [0.5, 0.6) is 0 Å². The van der Waals surface area contributed by atoms with E-state index in [9.17, 15) is 0 Å². The summed E-state index contributed by atoms with van der Waals surface area (Å²) in [5.41, 5.74) is 25.8. The van der Waals surface area contributed by atoms with Crippen LogP contribution in [0.2, 0.25) is 0 Å². The molecule has 4 nitrogen and oxygen atoms in total. The molecule has 130 heavy (non-hydrogen) atoms. The number of anilines is 6. The highest BCUT2D eigenvalue weighted by atomic mass is 15.1. The molecule has 0 saturated carbocycles. The molecule has 0 N–H and O–H groups in total. The Morgan fingerprint density at radius 3 is 0.777 bits per heavy atom. The normalized spacial score (nSPS) is 11.7. The van der Waals surface area contributed by atoms with Gasteiger partial charge in [-0.2, -0.15) is 0 Å². The maximum absolute atomic E-state index is 2.44. The standard InChI is InChI=1S/C68H44N2.C58H38N2/c1-2-18-52(19-3-1)69(66-27-13-17-48-15-5-7-21-57(48)66)53-35-28-46(29-36-53)50-33-40-67-64(43-50)65-44-51(56-26-12-16-47-14-4-6-20-55(47)56)34-41-68(65)70(67)54-37-30-45(31-38-54)49-32-39-62-60-24-9-8-22-58(60)59-23-10-11-25-61(59)63(62)42-49;1-2-15-44(16-3-1)59(56-24-12-14-41-13-4-5-17-47(41)56)45-31-25-40(26-32-45)43-30-36-58-55(38-43)53-22-10-11-23-57(53)60(58)46-33-27-39(28-34-46)42-29-35-52-50-20-7-6-18-48(50)49-19-8-9-21-51(49)54(52)37-42/h1-44H;1-38H. The van der Waals surface area contributed by atoms with E-state index in [1.807, 2.05) is 0 Å². The van der Waals surface area contributed by atoms with Crippen molar-refractivity contribution >= 4 is 175 Å². The van der Waals surface area contributed by atoms with Crippen LogP contribution < -0.4 is 9.80 Å². The van der Waals surface area contributed by atoms with Gasteiger partial charge in [0.25, 0.3) is 0 Å². The molecular formula is C126H82N4. The van der Waals surface area contributed by atoms with Crippen LogP contribution in [0.15, 0.2) is 497 Å². The van der Waals surface area contributed by atoms with Gasteiger partial charge >= 0.3 is 0 Å². The quantitative estimate of drug-likeness (QED) is 0.107. The van der Waals surface area contributed by atoms with E-state index in [1.54, 1.807) is 0 Å². The van der Waals surface area contributed by atoms with Crippen LogP contribution in [0.25, 0.3) is 208 Å². The van der Waals surface area contributed by atoms with Crippen molar-refractivity contribution in [1.29, 1.82) is 0 Å². The van der Waals surface area contributed by atoms with Crippen LogP contribution in [0.4, 0.5) is 34.1 Å². The minimum Gasteiger partial charge on any atom is -0.310 e. The van der Waals surface area contributed by atoms with Gasteiger partial charge in [0.05, 0.1) is 33.4 Å². The zero-order chi connectivity index (χ0) is 85.7. The first-order chi connectivity index (χ1) is 64.5. The van der Waals surface area contributed by atoms with Gasteiger partial charge in [-0.1, -0.05) is 358 Å². The summed E-state index contributed by atoms with van der Waals surface area (Å²) in [5.74, 6) is 0. The lowest BCUT2D eigenvalue weighted by atomic mass is 9.92. The van der Waals surface area contributed by atoms with Gasteiger partial charge in [-0.3, -0.25) is 0 Å². The van der Waals surface area contributed by atoms with E-state index < -0.39 is 0 Å². The maximum atomic E-state index is 2.44. The fourth-order valence-corrected chi connectivity index (χ4v) is 20.8. The number of fused-ring (bicyclic) bond motifs is 21. The summed E-state index contributed by atoms with van der Waals surface area (Å²) in [6.45, 7) is 0. The first-order valence-corrected chi connectivity index (χ1v) is 44.8. The number of rotatable bonds is 13. The minimum absolute atomic E-state index is 1.11. The Kier molecular flexibility index (Phi) is 18.3. The number of aromatic nitrogens is 2. The van der Waals surface area contributed by atoms with Gasteiger partial charge in [-0.25, -0.2) is 0 Å². The first kappa shape index (κ1) is 75.4. The molecule has 0 aliphatic rings. The molecule has 0 amide bonds. The Labute approximate surface area is 752 Å². The lowest BCUT2D eigenvalue weighted by molar-refractivity contribution is 1.18. The Hall–Kier alpha value is -17.2. The molecule has 0 unspecified atom stereocenters. The Balaban J connectivity index is 0.000000142. The smallest absolute Gasteiger partial charge is 0.0541 e. The highest BCUT2D eigenvalue weighted by Crippen LogP contribution is 2.47. The van der Waals surface area contributed by atoms with Crippen molar-refractivity contribution in [1.82, 2.24) is 9.13 Å². The second kappa shape index (κ2) is 31.5. The van der Waals surface area contributed by atoms with E-state index >= 15 is 0 Å². The topological polar surface area (TPSA) is 16.3 Å². The zero-order valence-electron chi connectivity index (χ0n) is 71.1. The molecule has 0 radical (unpaired) electrons. The number of nitrogens with zero attached hydrogens (tertiary/aromatic N) is 4. The summed E-state index contributed by atoms with van der Waals surface area (Å²) in [6, 6.07) is 182. The molecule has 0 spiro atoms. The van der Waals surface area contributed by atoms with E-state index in [0.717, 1.165) is 45.5 Å². The second-order valence-corrected chi connectivity index (χ2v) is 34.1. The lowest BCUT2D eigenvalue weighted by Gasteiger charge is -2.27. The zero-order valence-corrected chi connectivity index (χ0v) is 71.1. The van der Waals surface area contributed by atoms with Gasteiger partial charge < -0.3 is 18.9 Å². The van der Waals surface area contributed by atoms with Crippen molar-refractivity contribution in [2.24, 2.45) is 0 Å². The van der Waals surface area contributed by atoms with E-state index in [0.29, 0.717) is 0 Å². The second-order valence-electron chi connectivity index (χ2n) is 34.1. The third-order valence-electron chi connectivity index (χ3n) is 26.9. The molecular weight excluding hydrogens is 1570 g/mol. The number of benzene rings is 24. The molecule has 606 valence electrons. The molecule has 24 aromatic carbocycles. The van der Waals surface area contributed by atoms with Gasteiger partial charge in [-0.15, -0.1) is 0 Å². The Morgan fingerprint density at radius 2 is 0.377 bits per heavy atom. The van der Waals surface area contributed by atoms with Crippen LogP contribution in [0, 0.1) is 0 Å². The summed E-state index contributed by atoms with van der Waals surface area (Å²) in [4.78, 5) is 4.73. The molecule has 2 heterocycles. The summed E-state index contributed by atoms with van der Waals surface area (Å²) < 4.78 is 4.85. The van der Waals surface area contributed by atoms with Crippen LogP contribution in [0.3, 0.4) is 0 Å². The molecule has 0 atom stereocenters. The van der Waals surface area contributed by atoms with Crippen molar-refractivity contribution in [2.75, 3.05) is 9.80 Å². The molecule has 26 aromatic rings. The number of para-hydroxylation sites is 3. The van der Waals surface area contributed by atoms with Gasteiger partial charge in [-0.05, 0) is 281 Å². The average Bonchev–Trinajstić information content (AvgIpc) is 1.46. The van der Waals surface area contributed by atoms with Crippen molar-refractivity contribution in [3.8, 4) is 67.0 Å². The SMILES string of the molecule is c1ccc(N(c2ccc(-c3ccc4c(c3)c3cc(-c5cccc6ccccc56)ccc3n4-c3ccc(-c4ccc5c6ccccc6c6ccccc6c5c4)cc3)cc2)c2cccc3ccccc23)cc1.c1ccc(N(c2ccc(-c3ccc4c(c3)c3ccccc3n4-c3ccc(-c4ccc5c6ccccc6c6ccccc6c5c4)cc3)cc2)c2cccc3ccccc23)cc1. The van der Waals surface area contributed by atoms with Crippen molar-refractivity contribution in [3.63, 3.8) is 0 Å². The van der Waals surface area contributed by atoms with Crippen LogP contribution in [-0.2, 0) is 0 Å². The van der Waals surface area contributed by atoms with E-state index in [-0.39, 0.29) is 0 Å². The Bertz CT molecular complexity index is 8870. The van der Waals surface area contributed by atoms with Crippen molar-refractivity contribution in [2.45, 2.75) is 0 Å². The molecule has 0 aliphatic carbocycles. The van der Waals surface area contributed by atoms with Gasteiger partial charge in [0, 0.05) is 66.4 Å². The van der Waals surface area contributed by atoms with Crippen LogP contribution in [0.1, 0.15) is 0 Å². The number of hydrogen-bond donors (Lipinski definition) is 0. The largest absolute Gasteiger partial charge is 0.310 e. The molecule has 0 fully saturated rings. The van der Waals surface area contributed by atoms with E-state index in [4.69, 9.17) is 0 Å². The summed E-state index contributed by atoms with van der Waals surface area (Å²) in [5, 5.41) is 27.8. The third kappa shape index (κ3) is 12.9. The van der Waals surface area contributed by atoms with Crippen molar-refractivity contribution < 1.29 is 0 Å². The van der Waals surface area contributed by atoms with Gasteiger partial charge in [0.1, 0.15) is 0 Å². The van der Waals surface area contributed by atoms with Crippen LogP contribution >= 0.6 is 0 Å². The van der Waals surface area contributed by atoms with Gasteiger partial charge in [0.15, 0.2) is 0 Å². The molecule has 0 saturated heterocycles. The monoisotopic (exact) mass is 1650 g/mol. The molecule has 4 heteroatoms. The average molecular weight is 1650 g/mol. The van der Waals surface area contributed by atoms with Crippen molar-refractivity contribution in [3.05, 3.63) is 497 Å². The summed E-state index contributed by atoms with van der Waals surface area (Å²) in [7, 11) is 0. The minimum atomic E-state index is 1.11. The fourth-order valence-electron chi connectivity index (χ4n) is 20.8. The molecule has 26 rings (SSSR count).